The smallest absolute Gasteiger partial charge is 0.373 e. The van der Waals surface area contributed by atoms with Gasteiger partial charge in [-0.25, -0.2) is 4.79 Å². The van der Waals surface area contributed by atoms with Crippen molar-refractivity contribution in [1.82, 2.24) is 5.32 Å². The van der Waals surface area contributed by atoms with Crippen molar-refractivity contribution in [3.05, 3.63) is 58.0 Å². The summed E-state index contributed by atoms with van der Waals surface area (Å²) in [5, 5.41) is 3.35. The van der Waals surface area contributed by atoms with Crippen LogP contribution in [-0.2, 0) is 11.3 Å². The minimum Gasteiger partial charge on any atom is -0.463 e. The number of benzene rings is 1. The second kappa shape index (κ2) is 6.72. The summed E-state index contributed by atoms with van der Waals surface area (Å²) in [6.07, 6.45) is 0. The maximum atomic E-state index is 11.3. The van der Waals surface area contributed by atoms with Gasteiger partial charge in [0.25, 0.3) is 0 Å². The number of nitrogens with one attached hydrogen (secondary N) is 1. The van der Waals surface area contributed by atoms with Crippen LogP contribution in [-0.4, -0.2) is 13.1 Å². The van der Waals surface area contributed by atoms with E-state index < -0.39 is 5.97 Å². The summed E-state index contributed by atoms with van der Waals surface area (Å²) < 4.78 is 11.1. The van der Waals surface area contributed by atoms with Gasteiger partial charge in [-0.2, -0.15) is 0 Å². The molecule has 4 nitrogen and oxygen atoms in total. The van der Waals surface area contributed by atoms with Gasteiger partial charge in [0.2, 0.25) is 5.76 Å². The summed E-state index contributed by atoms with van der Waals surface area (Å²) >= 11 is 3.53. The molecular weight excluding hydrogens is 322 g/mol. The van der Waals surface area contributed by atoms with Crippen molar-refractivity contribution < 1.29 is 13.9 Å². The van der Waals surface area contributed by atoms with Crippen molar-refractivity contribution >= 4 is 21.9 Å². The number of carbonyl (C=O) groups is 1. The predicted molar refractivity (Wildman–Crippen MR) is 79.4 cm³/mol. The van der Waals surface area contributed by atoms with Crippen LogP contribution in [0.4, 0.5) is 0 Å². The fraction of sp³-hybridized carbons (Fsp3) is 0.267. The van der Waals surface area contributed by atoms with Gasteiger partial charge < -0.3 is 14.5 Å². The Morgan fingerprint density at radius 1 is 1.35 bits per heavy atom. The molecule has 2 aromatic rings. The zero-order chi connectivity index (χ0) is 14.5. The van der Waals surface area contributed by atoms with E-state index in [4.69, 9.17) is 4.42 Å². The molecule has 0 aliphatic heterocycles. The molecule has 1 aromatic heterocycles. The summed E-state index contributed by atoms with van der Waals surface area (Å²) in [7, 11) is 1.33. The Bertz CT molecular complexity index is 594. The first-order valence-corrected chi connectivity index (χ1v) is 7.06. The SMILES string of the molecule is COC(=O)c1ccc(CN[C@@H](C)c2ccccc2Br)o1. The van der Waals surface area contributed by atoms with Crippen LogP contribution in [0, 0.1) is 0 Å². The van der Waals surface area contributed by atoms with E-state index >= 15 is 0 Å². The fourth-order valence-corrected chi connectivity index (χ4v) is 2.50. The van der Waals surface area contributed by atoms with Crippen molar-refractivity contribution in [2.75, 3.05) is 7.11 Å². The molecule has 0 aliphatic rings. The van der Waals surface area contributed by atoms with Crippen LogP contribution >= 0.6 is 15.9 Å². The number of hydrogen-bond donors (Lipinski definition) is 1. The van der Waals surface area contributed by atoms with E-state index in [1.165, 1.54) is 12.7 Å². The third-order valence-electron chi connectivity index (χ3n) is 3.00. The first kappa shape index (κ1) is 14.8. The molecule has 0 radical (unpaired) electrons. The number of rotatable bonds is 5. The highest BCUT2D eigenvalue weighted by atomic mass is 79.9. The molecular formula is C15H16BrNO3. The standard InChI is InChI=1S/C15H16BrNO3/c1-10(12-5-3-4-6-13(12)16)17-9-11-7-8-14(20-11)15(18)19-2/h3-8,10,17H,9H2,1-2H3/t10-/m0/s1. The average molecular weight is 338 g/mol. The molecule has 0 aliphatic carbocycles. The second-order valence-electron chi connectivity index (χ2n) is 4.38. The lowest BCUT2D eigenvalue weighted by Gasteiger charge is -2.14. The topological polar surface area (TPSA) is 51.5 Å². The highest BCUT2D eigenvalue weighted by Crippen LogP contribution is 2.23. The maximum absolute atomic E-state index is 11.3. The lowest BCUT2D eigenvalue weighted by atomic mass is 10.1. The van der Waals surface area contributed by atoms with E-state index in [0.29, 0.717) is 12.3 Å². The molecule has 2 rings (SSSR count). The zero-order valence-corrected chi connectivity index (χ0v) is 12.9. The second-order valence-corrected chi connectivity index (χ2v) is 5.24. The Balaban J connectivity index is 1.97. The van der Waals surface area contributed by atoms with Gasteiger partial charge in [-0.05, 0) is 30.7 Å². The molecule has 20 heavy (non-hydrogen) atoms. The van der Waals surface area contributed by atoms with Crippen molar-refractivity contribution in [1.29, 1.82) is 0 Å². The number of methoxy groups -OCH3 is 1. The molecule has 1 heterocycles. The van der Waals surface area contributed by atoms with Gasteiger partial charge in [-0.15, -0.1) is 0 Å². The summed E-state index contributed by atoms with van der Waals surface area (Å²) in [6.45, 7) is 2.61. The Labute approximate surface area is 126 Å². The monoisotopic (exact) mass is 337 g/mol. The van der Waals surface area contributed by atoms with Crippen LogP contribution in [0.2, 0.25) is 0 Å². The van der Waals surface area contributed by atoms with E-state index in [2.05, 4.69) is 39.0 Å². The molecule has 1 aromatic carbocycles. The van der Waals surface area contributed by atoms with Gasteiger partial charge in [0, 0.05) is 10.5 Å². The summed E-state index contributed by atoms with van der Waals surface area (Å²) in [5.41, 5.74) is 1.17. The molecule has 0 unspecified atom stereocenters. The molecule has 1 N–H and O–H groups in total. The summed E-state index contributed by atoms with van der Waals surface area (Å²) in [5.74, 6) is 0.456. The van der Waals surface area contributed by atoms with E-state index in [1.807, 2.05) is 18.2 Å². The van der Waals surface area contributed by atoms with E-state index in [9.17, 15) is 4.79 Å². The number of ether oxygens (including phenoxy) is 1. The van der Waals surface area contributed by atoms with Crippen molar-refractivity contribution in [3.8, 4) is 0 Å². The van der Waals surface area contributed by atoms with E-state index in [0.717, 1.165) is 4.47 Å². The summed E-state index contributed by atoms with van der Waals surface area (Å²) in [4.78, 5) is 11.3. The van der Waals surface area contributed by atoms with Crippen LogP contribution in [0.15, 0.2) is 45.3 Å². The quantitative estimate of drug-likeness (QED) is 0.845. The van der Waals surface area contributed by atoms with Crippen molar-refractivity contribution in [3.63, 3.8) is 0 Å². The Kier molecular flexibility index (Phi) is 4.98. The number of hydrogen-bond acceptors (Lipinski definition) is 4. The van der Waals surface area contributed by atoms with Crippen LogP contribution in [0.5, 0.6) is 0 Å². The van der Waals surface area contributed by atoms with Crippen molar-refractivity contribution in [2.24, 2.45) is 0 Å². The molecule has 1 atom stereocenters. The number of esters is 1. The fourth-order valence-electron chi connectivity index (χ4n) is 1.87. The number of carbonyl (C=O) groups excluding carboxylic acids is 1. The third kappa shape index (κ3) is 3.49. The minimum absolute atomic E-state index is 0.164. The molecule has 0 saturated heterocycles. The van der Waals surface area contributed by atoms with Gasteiger partial charge in [-0.1, -0.05) is 34.1 Å². The molecule has 0 spiro atoms. The number of halogens is 1. The van der Waals surface area contributed by atoms with Crippen LogP contribution < -0.4 is 5.32 Å². The van der Waals surface area contributed by atoms with Crippen molar-refractivity contribution in [2.45, 2.75) is 19.5 Å². The van der Waals surface area contributed by atoms with Crippen LogP contribution in [0.3, 0.4) is 0 Å². The third-order valence-corrected chi connectivity index (χ3v) is 3.72. The molecule has 106 valence electrons. The minimum atomic E-state index is -0.463. The first-order chi connectivity index (χ1) is 9.61. The molecule has 5 heteroatoms. The van der Waals surface area contributed by atoms with Gasteiger partial charge in [0.15, 0.2) is 0 Å². The molecule has 0 amide bonds. The van der Waals surface area contributed by atoms with Gasteiger partial charge in [-0.3, -0.25) is 0 Å². The largest absolute Gasteiger partial charge is 0.463 e. The normalized spacial score (nSPS) is 12.2. The first-order valence-electron chi connectivity index (χ1n) is 6.26. The highest BCUT2D eigenvalue weighted by Gasteiger charge is 2.12. The Morgan fingerprint density at radius 2 is 2.10 bits per heavy atom. The van der Waals surface area contributed by atoms with E-state index in [-0.39, 0.29) is 11.8 Å². The van der Waals surface area contributed by atoms with Gasteiger partial charge in [0.1, 0.15) is 5.76 Å². The lowest BCUT2D eigenvalue weighted by molar-refractivity contribution is 0.0563. The predicted octanol–water partition coefficient (Wildman–Crippen LogP) is 3.68. The van der Waals surface area contributed by atoms with Gasteiger partial charge >= 0.3 is 5.97 Å². The van der Waals surface area contributed by atoms with Crippen LogP contribution in [0.1, 0.15) is 34.8 Å². The lowest BCUT2D eigenvalue weighted by Crippen LogP contribution is -2.18. The Morgan fingerprint density at radius 3 is 2.80 bits per heavy atom. The molecule has 0 fully saturated rings. The van der Waals surface area contributed by atoms with E-state index in [1.54, 1.807) is 12.1 Å². The molecule has 0 saturated carbocycles. The van der Waals surface area contributed by atoms with Crippen LogP contribution in [0.25, 0.3) is 0 Å². The highest BCUT2D eigenvalue weighted by molar-refractivity contribution is 9.10. The molecule has 0 bridgehead atoms. The average Bonchev–Trinajstić information content (AvgIpc) is 2.93. The summed E-state index contributed by atoms with van der Waals surface area (Å²) in [6, 6.07) is 11.6. The van der Waals surface area contributed by atoms with Gasteiger partial charge in [0.05, 0.1) is 13.7 Å². The number of furan rings is 1. The maximum Gasteiger partial charge on any atom is 0.373 e. The Hall–Kier alpha value is -1.59. The zero-order valence-electron chi connectivity index (χ0n) is 11.4.